The highest BCUT2D eigenvalue weighted by Gasteiger charge is 2.07. The zero-order chi connectivity index (χ0) is 17.8. The summed E-state index contributed by atoms with van der Waals surface area (Å²) in [6, 6.07) is 18.4. The molecule has 0 saturated heterocycles. The lowest BCUT2D eigenvalue weighted by Crippen LogP contribution is -1.98. The number of fused-ring (bicyclic) bond motifs is 1. The van der Waals surface area contributed by atoms with Crippen LogP contribution in [-0.4, -0.2) is 15.0 Å². The second kappa shape index (κ2) is 6.87. The number of benzene rings is 2. The van der Waals surface area contributed by atoms with Crippen LogP contribution in [0.3, 0.4) is 0 Å². The number of pyridine rings is 1. The number of hydrogen-bond acceptors (Lipinski definition) is 5. The summed E-state index contributed by atoms with van der Waals surface area (Å²) >= 11 is 0. The highest BCUT2D eigenvalue weighted by atomic mass is 16.5. The van der Waals surface area contributed by atoms with Crippen molar-refractivity contribution in [2.75, 3.05) is 5.32 Å². The Labute approximate surface area is 150 Å². The SMILES string of the molecule is [C-]#[N+]c1ccc(Nc2nccc(Oc3cccc4cccnc34)n2)cc1. The Morgan fingerprint density at radius 1 is 0.885 bits per heavy atom. The summed E-state index contributed by atoms with van der Waals surface area (Å²) in [6.45, 7) is 6.99. The van der Waals surface area contributed by atoms with Gasteiger partial charge < -0.3 is 10.1 Å². The van der Waals surface area contributed by atoms with Crippen LogP contribution in [0.2, 0.25) is 0 Å². The van der Waals surface area contributed by atoms with Crippen LogP contribution in [0.1, 0.15) is 0 Å². The summed E-state index contributed by atoms with van der Waals surface area (Å²) in [6.07, 6.45) is 3.35. The van der Waals surface area contributed by atoms with Crippen LogP contribution in [0, 0.1) is 6.57 Å². The van der Waals surface area contributed by atoms with Crippen molar-refractivity contribution in [3.05, 3.63) is 84.5 Å². The van der Waals surface area contributed by atoms with Gasteiger partial charge in [-0.05, 0) is 24.3 Å². The van der Waals surface area contributed by atoms with E-state index >= 15 is 0 Å². The molecule has 0 bridgehead atoms. The molecule has 124 valence electrons. The first kappa shape index (κ1) is 15.5. The minimum Gasteiger partial charge on any atom is -0.437 e. The Morgan fingerprint density at radius 2 is 1.73 bits per heavy atom. The molecule has 0 aliphatic rings. The molecule has 2 heterocycles. The molecule has 2 aromatic heterocycles. The number of ether oxygens (including phenoxy) is 1. The molecule has 6 nitrogen and oxygen atoms in total. The van der Waals surface area contributed by atoms with Crippen LogP contribution in [0.4, 0.5) is 17.3 Å². The van der Waals surface area contributed by atoms with Gasteiger partial charge in [0.25, 0.3) is 0 Å². The van der Waals surface area contributed by atoms with Crippen LogP contribution in [0.5, 0.6) is 11.6 Å². The van der Waals surface area contributed by atoms with Crippen LogP contribution >= 0.6 is 0 Å². The highest BCUT2D eigenvalue weighted by Crippen LogP contribution is 2.27. The van der Waals surface area contributed by atoms with E-state index in [1.165, 1.54) is 0 Å². The van der Waals surface area contributed by atoms with Crippen molar-refractivity contribution in [2.24, 2.45) is 0 Å². The first-order valence-corrected chi connectivity index (χ1v) is 7.91. The number of anilines is 2. The molecule has 0 aliphatic carbocycles. The van der Waals surface area contributed by atoms with E-state index in [2.05, 4.69) is 25.1 Å². The summed E-state index contributed by atoms with van der Waals surface area (Å²) < 4.78 is 5.91. The Balaban J connectivity index is 1.58. The topological polar surface area (TPSA) is 64.3 Å². The molecule has 4 rings (SSSR count). The lowest BCUT2D eigenvalue weighted by Gasteiger charge is -2.09. The molecule has 1 N–H and O–H groups in total. The van der Waals surface area contributed by atoms with Gasteiger partial charge in [-0.3, -0.25) is 4.98 Å². The molecule has 0 fully saturated rings. The molecule has 0 spiro atoms. The number of rotatable bonds is 4. The fourth-order valence-electron chi connectivity index (χ4n) is 2.48. The molecular formula is C20H13N5O. The average Bonchev–Trinajstić information content (AvgIpc) is 2.69. The van der Waals surface area contributed by atoms with Crippen LogP contribution < -0.4 is 10.1 Å². The van der Waals surface area contributed by atoms with Gasteiger partial charge in [0, 0.05) is 29.5 Å². The van der Waals surface area contributed by atoms with Crippen LogP contribution in [0.15, 0.2) is 73.1 Å². The predicted molar refractivity (Wildman–Crippen MR) is 99.8 cm³/mol. The van der Waals surface area contributed by atoms with E-state index < -0.39 is 0 Å². The monoisotopic (exact) mass is 339 g/mol. The number of aromatic nitrogens is 3. The minimum atomic E-state index is 0.409. The van der Waals surface area contributed by atoms with Gasteiger partial charge in [0.1, 0.15) is 5.52 Å². The lowest BCUT2D eigenvalue weighted by molar-refractivity contribution is 0.466. The van der Waals surface area contributed by atoms with Gasteiger partial charge in [-0.1, -0.05) is 30.3 Å². The van der Waals surface area contributed by atoms with E-state index in [0.717, 1.165) is 16.6 Å². The van der Waals surface area contributed by atoms with Crippen molar-refractivity contribution < 1.29 is 4.74 Å². The third-order valence-corrected chi connectivity index (χ3v) is 3.69. The van der Waals surface area contributed by atoms with E-state index in [1.54, 1.807) is 42.7 Å². The molecule has 0 aliphatic heterocycles. The molecule has 0 radical (unpaired) electrons. The number of hydrogen-bond donors (Lipinski definition) is 1. The normalized spacial score (nSPS) is 10.3. The van der Waals surface area contributed by atoms with Gasteiger partial charge in [0.15, 0.2) is 11.4 Å². The predicted octanol–water partition coefficient (Wildman–Crippen LogP) is 5.11. The highest BCUT2D eigenvalue weighted by molar-refractivity contribution is 5.84. The number of nitrogens with zero attached hydrogens (tertiary/aromatic N) is 4. The van der Waals surface area contributed by atoms with Gasteiger partial charge in [-0.25, -0.2) is 9.83 Å². The maximum absolute atomic E-state index is 6.99. The Morgan fingerprint density at radius 3 is 2.58 bits per heavy atom. The third kappa shape index (κ3) is 3.28. The fraction of sp³-hybridized carbons (Fsp3) is 0. The van der Waals surface area contributed by atoms with E-state index in [-0.39, 0.29) is 0 Å². The maximum Gasteiger partial charge on any atom is 0.230 e. The second-order valence-electron chi connectivity index (χ2n) is 5.44. The second-order valence-corrected chi connectivity index (χ2v) is 5.44. The largest absolute Gasteiger partial charge is 0.437 e. The lowest BCUT2D eigenvalue weighted by atomic mass is 10.2. The summed E-state index contributed by atoms with van der Waals surface area (Å²) in [5, 5.41) is 4.10. The van der Waals surface area contributed by atoms with Crippen molar-refractivity contribution in [2.45, 2.75) is 0 Å². The van der Waals surface area contributed by atoms with Gasteiger partial charge in [0.2, 0.25) is 11.8 Å². The molecule has 6 heteroatoms. The van der Waals surface area contributed by atoms with E-state index in [9.17, 15) is 0 Å². The Hall–Kier alpha value is -3.98. The third-order valence-electron chi connectivity index (χ3n) is 3.69. The van der Waals surface area contributed by atoms with Crippen molar-refractivity contribution in [1.82, 2.24) is 15.0 Å². The first-order valence-electron chi connectivity index (χ1n) is 7.91. The number of para-hydroxylation sites is 1. The van der Waals surface area contributed by atoms with Crippen molar-refractivity contribution in [1.29, 1.82) is 0 Å². The molecule has 0 amide bonds. The van der Waals surface area contributed by atoms with Gasteiger partial charge in [0.05, 0.1) is 6.57 Å². The van der Waals surface area contributed by atoms with Gasteiger partial charge >= 0.3 is 0 Å². The van der Waals surface area contributed by atoms with Crippen LogP contribution in [-0.2, 0) is 0 Å². The summed E-state index contributed by atoms with van der Waals surface area (Å²) in [4.78, 5) is 16.3. The maximum atomic E-state index is 6.99. The minimum absolute atomic E-state index is 0.409. The molecule has 4 aromatic rings. The smallest absolute Gasteiger partial charge is 0.230 e. The molecule has 2 aromatic carbocycles. The van der Waals surface area contributed by atoms with Crippen LogP contribution in [0.25, 0.3) is 15.7 Å². The molecule has 26 heavy (non-hydrogen) atoms. The summed E-state index contributed by atoms with van der Waals surface area (Å²) in [5.41, 5.74) is 2.15. The number of nitrogens with one attached hydrogen (secondary N) is 1. The molecule has 0 saturated carbocycles. The first-order chi connectivity index (χ1) is 12.8. The summed E-state index contributed by atoms with van der Waals surface area (Å²) in [7, 11) is 0. The zero-order valence-electron chi connectivity index (χ0n) is 13.6. The van der Waals surface area contributed by atoms with Gasteiger partial charge in [-0.15, -0.1) is 0 Å². The Bertz CT molecular complexity index is 1100. The average molecular weight is 339 g/mol. The Kier molecular flexibility index (Phi) is 4.11. The molecule has 0 unspecified atom stereocenters. The standard InChI is InChI=1S/C20H13N5O/c1-21-15-7-9-16(10-8-15)24-20-23-13-11-18(25-20)26-17-6-2-4-14-5-3-12-22-19(14)17/h2-13H,(H,23,24,25). The van der Waals surface area contributed by atoms with Crippen molar-refractivity contribution in [3.63, 3.8) is 0 Å². The van der Waals surface area contributed by atoms with E-state index in [1.807, 2.05) is 30.3 Å². The molecule has 0 atom stereocenters. The van der Waals surface area contributed by atoms with E-state index in [4.69, 9.17) is 11.3 Å². The van der Waals surface area contributed by atoms with Crippen molar-refractivity contribution in [3.8, 4) is 11.6 Å². The quantitative estimate of drug-likeness (QED) is 0.523. The van der Waals surface area contributed by atoms with Crippen molar-refractivity contribution >= 4 is 28.2 Å². The zero-order valence-corrected chi connectivity index (χ0v) is 13.6. The summed E-state index contributed by atoms with van der Waals surface area (Å²) in [5.74, 6) is 1.46. The fourth-order valence-corrected chi connectivity index (χ4v) is 2.48. The molecular weight excluding hydrogens is 326 g/mol. The van der Waals surface area contributed by atoms with E-state index in [0.29, 0.717) is 23.3 Å². The van der Waals surface area contributed by atoms with Gasteiger partial charge in [-0.2, -0.15) is 4.98 Å².